The molecule has 0 aliphatic rings. The monoisotopic (exact) mass is 458 g/mol. The number of benzene rings is 2. The van der Waals surface area contributed by atoms with Crippen LogP contribution in [0.25, 0.3) is 16.9 Å². The standard InChI is InChI=1S/C27H30N4O3/c1-6-19-7-9-20(10-8-19)29-27(32)14-13-22-17(2)28-26-16-24(30-31(26)18(22)3)23-12-11-21(33-4)15-25(23)34-5/h7-12,15-16H,6,13-14H2,1-5H3,(H,29,32). The van der Waals surface area contributed by atoms with Crippen LogP contribution in [0.4, 0.5) is 5.69 Å². The first kappa shape index (κ1) is 23.3. The van der Waals surface area contributed by atoms with Gasteiger partial charge < -0.3 is 14.8 Å². The topological polar surface area (TPSA) is 77.8 Å². The molecule has 2 heterocycles. The van der Waals surface area contributed by atoms with Crippen LogP contribution in [0.15, 0.2) is 48.5 Å². The van der Waals surface area contributed by atoms with Crippen LogP contribution in [0, 0.1) is 13.8 Å². The number of rotatable bonds is 8. The molecule has 0 aliphatic carbocycles. The Kier molecular flexibility index (Phi) is 6.82. The van der Waals surface area contributed by atoms with Gasteiger partial charge in [0.15, 0.2) is 5.65 Å². The Hall–Kier alpha value is -3.87. The molecule has 4 rings (SSSR count). The van der Waals surface area contributed by atoms with E-state index in [2.05, 4.69) is 12.2 Å². The van der Waals surface area contributed by atoms with Gasteiger partial charge in [-0.1, -0.05) is 19.1 Å². The Balaban J connectivity index is 1.55. The molecule has 4 aromatic rings. The van der Waals surface area contributed by atoms with E-state index in [4.69, 9.17) is 19.6 Å². The van der Waals surface area contributed by atoms with Gasteiger partial charge in [0.1, 0.15) is 11.5 Å². The van der Waals surface area contributed by atoms with E-state index in [9.17, 15) is 4.79 Å². The van der Waals surface area contributed by atoms with E-state index in [-0.39, 0.29) is 5.91 Å². The van der Waals surface area contributed by atoms with Crippen molar-refractivity contribution < 1.29 is 14.3 Å². The lowest BCUT2D eigenvalue weighted by molar-refractivity contribution is -0.116. The minimum atomic E-state index is -0.0210. The second-order valence-electron chi connectivity index (χ2n) is 8.23. The van der Waals surface area contributed by atoms with Gasteiger partial charge in [0.2, 0.25) is 5.91 Å². The molecule has 1 N–H and O–H groups in total. The largest absolute Gasteiger partial charge is 0.497 e. The number of aromatic nitrogens is 3. The Morgan fingerprint density at radius 3 is 2.47 bits per heavy atom. The van der Waals surface area contributed by atoms with E-state index in [1.54, 1.807) is 14.2 Å². The number of carbonyl (C=O) groups excluding carboxylic acids is 1. The number of anilines is 1. The van der Waals surface area contributed by atoms with Crippen molar-refractivity contribution in [3.63, 3.8) is 0 Å². The SMILES string of the molecule is CCc1ccc(NC(=O)CCc2c(C)nc3cc(-c4ccc(OC)cc4OC)nn3c2C)cc1. The van der Waals surface area contributed by atoms with E-state index in [1.165, 1.54) is 5.56 Å². The molecule has 2 aromatic heterocycles. The second kappa shape index (κ2) is 9.95. The fourth-order valence-electron chi connectivity index (χ4n) is 4.12. The van der Waals surface area contributed by atoms with E-state index >= 15 is 0 Å². The summed E-state index contributed by atoms with van der Waals surface area (Å²) in [7, 11) is 3.25. The molecule has 0 atom stereocenters. The minimum absolute atomic E-state index is 0.0210. The average molecular weight is 459 g/mol. The number of ether oxygens (including phenoxy) is 2. The number of nitrogens with one attached hydrogen (secondary N) is 1. The van der Waals surface area contributed by atoms with Crippen molar-refractivity contribution in [2.75, 3.05) is 19.5 Å². The molecule has 0 spiro atoms. The Bertz CT molecular complexity index is 1330. The molecule has 7 heteroatoms. The quantitative estimate of drug-likeness (QED) is 0.394. The van der Waals surface area contributed by atoms with Crippen molar-refractivity contribution >= 4 is 17.2 Å². The van der Waals surface area contributed by atoms with Crippen molar-refractivity contribution in [1.29, 1.82) is 0 Å². The van der Waals surface area contributed by atoms with Crippen LogP contribution in [0.5, 0.6) is 11.5 Å². The maximum atomic E-state index is 12.6. The molecule has 0 unspecified atom stereocenters. The van der Waals surface area contributed by atoms with Crippen LogP contribution in [-0.2, 0) is 17.6 Å². The summed E-state index contributed by atoms with van der Waals surface area (Å²) in [5.41, 5.74) is 7.34. The van der Waals surface area contributed by atoms with Gasteiger partial charge in [0.25, 0.3) is 0 Å². The number of amides is 1. The smallest absolute Gasteiger partial charge is 0.224 e. The molecule has 0 saturated heterocycles. The van der Waals surface area contributed by atoms with Crippen LogP contribution >= 0.6 is 0 Å². The summed E-state index contributed by atoms with van der Waals surface area (Å²) < 4.78 is 12.7. The Morgan fingerprint density at radius 2 is 1.79 bits per heavy atom. The van der Waals surface area contributed by atoms with Gasteiger partial charge in [-0.05, 0) is 62.1 Å². The molecule has 7 nitrogen and oxygen atoms in total. The highest BCUT2D eigenvalue weighted by atomic mass is 16.5. The van der Waals surface area contributed by atoms with Crippen molar-refractivity contribution in [3.05, 3.63) is 71.0 Å². The van der Waals surface area contributed by atoms with Gasteiger partial charge in [0, 0.05) is 41.2 Å². The number of aryl methyl sites for hydroxylation is 3. The number of methoxy groups -OCH3 is 2. The lowest BCUT2D eigenvalue weighted by Crippen LogP contribution is -2.14. The molecule has 0 aliphatic heterocycles. The van der Waals surface area contributed by atoms with Gasteiger partial charge in [0.05, 0.1) is 19.9 Å². The number of carbonyl (C=O) groups is 1. The zero-order valence-electron chi connectivity index (χ0n) is 20.3. The fourth-order valence-corrected chi connectivity index (χ4v) is 4.12. The summed E-state index contributed by atoms with van der Waals surface area (Å²) >= 11 is 0. The predicted octanol–water partition coefficient (Wildman–Crippen LogP) is 5.16. The number of fused-ring (bicyclic) bond motifs is 1. The first-order valence-electron chi connectivity index (χ1n) is 11.4. The first-order chi connectivity index (χ1) is 16.4. The van der Waals surface area contributed by atoms with Crippen molar-refractivity contribution in [2.24, 2.45) is 0 Å². The molecule has 176 valence electrons. The summed E-state index contributed by atoms with van der Waals surface area (Å²) in [6.07, 6.45) is 1.92. The van der Waals surface area contributed by atoms with E-state index < -0.39 is 0 Å². The number of nitrogens with zero attached hydrogens (tertiary/aromatic N) is 3. The highest BCUT2D eigenvalue weighted by Gasteiger charge is 2.16. The molecule has 2 aromatic carbocycles. The van der Waals surface area contributed by atoms with Crippen LogP contribution in [0.2, 0.25) is 0 Å². The van der Waals surface area contributed by atoms with Gasteiger partial charge in [-0.2, -0.15) is 5.10 Å². The molecule has 0 fully saturated rings. The molecule has 1 amide bonds. The lowest BCUT2D eigenvalue weighted by Gasteiger charge is -2.11. The molecular weight excluding hydrogens is 428 g/mol. The Morgan fingerprint density at radius 1 is 1.03 bits per heavy atom. The predicted molar refractivity (Wildman–Crippen MR) is 134 cm³/mol. The number of hydrogen-bond acceptors (Lipinski definition) is 5. The third-order valence-corrected chi connectivity index (χ3v) is 6.10. The molecule has 0 saturated carbocycles. The third kappa shape index (κ3) is 4.73. The fraction of sp³-hybridized carbons (Fsp3) is 0.296. The number of hydrogen-bond donors (Lipinski definition) is 1. The lowest BCUT2D eigenvalue weighted by atomic mass is 10.1. The maximum Gasteiger partial charge on any atom is 0.224 e. The molecular formula is C27H30N4O3. The van der Waals surface area contributed by atoms with Crippen molar-refractivity contribution in [2.45, 2.75) is 40.0 Å². The molecule has 0 bridgehead atoms. The van der Waals surface area contributed by atoms with Crippen LogP contribution in [0.3, 0.4) is 0 Å². The van der Waals surface area contributed by atoms with Gasteiger partial charge in [-0.15, -0.1) is 0 Å². The van der Waals surface area contributed by atoms with E-state index in [0.717, 1.165) is 51.7 Å². The summed E-state index contributed by atoms with van der Waals surface area (Å²) in [5.74, 6) is 1.38. The van der Waals surface area contributed by atoms with Gasteiger partial charge >= 0.3 is 0 Å². The summed E-state index contributed by atoms with van der Waals surface area (Å²) in [6.45, 7) is 6.10. The maximum absolute atomic E-state index is 12.6. The molecule has 34 heavy (non-hydrogen) atoms. The summed E-state index contributed by atoms with van der Waals surface area (Å²) in [6, 6.07) is 15.6. The third-order valence-electron chi connectivity index (χ3n) is 6.10. The van der Waals surface area contributed by atoms with Gasteiger partial charge in [-0.3, -0.25) is 4.79 Å². The first-order valence-corrected chi connectivity index (χ1v) is 11.4. The normalized spacial score (nSPS) is 11.0. The van der Waals surface area contributed by atoms with Crippen molar-refractivity contribution in [3.8, 4) is 22.8 Å². The zero-order chi connectivity index (χ0) is 24.2. The summed E-state index contributed by atoms with van der Waals surface area (Å²) in [5, 5.41) is 7.77. The van der Waals surface area contributed by atoms with Crippen LogP contribution in [0.1, 0.15) is 35.9 Å². The Labute approximate surface area is 199 Å². The minimum Gasteiger partial charge on any atom is -0.497 e. The van der Waals surface area contributed by atoms with Crippen LogP contribution in [-0.4, -0.2) is 34.7 Å². The highest BCUT2D eigenvalue weighted by Crippen LogP contribution is 2.33. The summed E-state index contributed by atoms with van der Waals surface area (Å²) in [4.78, 5) is 17.3. The van der Waals surface area contributed by atoms with Gasteiger partial charge in [-0.25, -0.2) is 9.50 Å². The average Bonchev–Trinajstić information content (AvgIpc) is 3.27. The van der Waals surface area contributed by atoms with Crippen LogP contribution < -0.4 is 14.8 Å². The zero-order valence-corrected chi connectivity index (χ0v) is 20.3. The second-order valence-corrected chi connectivity index (χ2v) is 8.23. The molecule has 0 radical (unpaired) electrons. The van der Waals surface area contributed by atoms with E-state index in [1.807, 2.05) is 66.9 Å². The highest BCUT2D eigenvalue weighted by molar-refractivity contribution is 5.90. The van der Waals surface area contributed by atoms with E-state index in [0.29, 0.717) is 18.6 Å². The van der Waals surface area contributed by atoms with Crippen molar-refractivity contribution in [1.82, 2.24) is 14.6 Å².